The van der Waals surface area contributed by atoms with Gasteiger partial charge in [-0.3, -0.25) is 4.98 Å². The molecule has 1 unspecified atom stereocenters. The zero-order chi connectivity index (χ0) is 11.1. The van der Waals surface area contributed by atoms with Crippen LogP contribution in [0.4, 0.5) is 0 Å². The predicted molar refractivity (Wildman–Crippen MR) is 62.1 cm³/mol. The molecule has 0 saturated heterocycles. The number of pyridine rings is 1. The zero-order valence-corrected chi connectivity index (χ0v) is 9.79. The van der Waals surface area contributed by atoms with Gasteiger partial charge in [0.05, 0.1) is 18.8 Å². The molecule has 3 heteroatoms. The van der Waals surface area contributed by atoms with Crippen LogP contribution in [0.1, 0.15) is 38.4 Å². The third-order valence-electron chi connectivity index (χ3n) is 2.40. The van der Waals surface area contributed by atoms with Gasteiger partial charge in [0, 0.05) is 6.20 Å². The third-order valence-corrected chi connectivity index (χ3v) is 2.40. The number of ether oxygens (including phenoxy) is 1. The van der Waals surface area contributed by atoms with E-state index in [0.717, 1.165) is 30.8 Å². The highest BCUT2D eigenvalue weighted by Crippen LogP contribution is 2.24. The predicted octanol–water partition coefficient (Wildman–Crippen LogP) is 2.54. The highest BCUT2D eigenvalue weighted by atomic mass is 16.5. The van der Waals surface area contributed by atoms with Gasteiger partial charge in [-0.15, -0.1) is 0 Å². The first-order valence-corrected chi connectivity index (χ1v) is 5.55. The van der Waals surface area contributed by atoms with Crippen molar-refractivity contribution in [2.75, 3.05) is 13.7 Å². The Kier molecular flexibility index (Phi) is 5.12. The minimum Gasteiger partial charge on any atom is -0.495 e. The molecular formula is C12H20N2O. The molecule has 15 heavy (non-hydrogen) atoms. The molecule has 1 rings (SSSR count). The summed E-state index contributed by atoms with van der Waals surface area (Å²) < 4.78 is 5.31. The fraction of sp³-hybridized carbons (Fsp3) is 0.583. The summed E-state index contributed by atoms with van der Waals surface area (Å²) in [6.45, 7) is 5.33. The van der Waals surface area contributed by atoms with Crippen molar-refractivity contribution in [2.24, 2.45) is 0 Å². The smallest absolute Gasteiger partial charge is 0.141 e. The van der Waals surface area contributed by atoms with Crippen LogP contribution in [-0.2, 0) is 0 Å². The monoisotopic (exact) mass is 208 g/mol. The first kappa shape index (κ1) is 12.0. The maximum atomic E-state index is 5.31. The third kappa shape index (κ3) is 3.20. The van der Waals surface area contributed by atoms with E-state index in [4.69, 9.17) is 4.74 Å². The topological polar surface area (TPSA) is 34.2 Å². The summed E-state index contributed by atoms with van der Waals surface area (Å²) in [4.78, 5) is 4.39. The van der Waals surface area contributed by atoms with E-state index < -0.39 is 0 Å². The molecule has 1 N–H and O–H groups in total. The van der Waals surface area contributed by atoms with Gasteiger partial charge in [-0.2, -0.15) is 0 Å². The van der Waals surface area contributed by atoms with E-state index in [2.05, 4.69) is 24.1 Å². The highest BCUT2D eigenvalue weighted by Gasteiger charge is 2.14. The van der Waals surface area contributed by atoms with Gasteiger partial charge in [-0.25, -0.2) is 0 Å². The largest absolute Gasteiger partial charge is 0.495 e. The van der Waals surface area contributed by atoms with Gasteiger partial charge in [-0.05, 0) is 31.5 Å². The van der Waals surface area contributed by atoms with E-state index in [-0.39, 0.29) is 0 Å². The Labute approximate surface area is 91.9 Å². The van der Waals surface area contributed by atoms with E-state index in [1.54, 1.807) is 7.11 Å². The van der Waals surface area contributed by atoms with Gasteiger partial charge in [0.25, 0.3) is 0 Å². The molecule has 1 atom stereocenters. The van der Waals surface area contributed by atoms with Crippen molar-refractivity contribution in [3.63, 3.8) is 0 Å². The molecule has 0 fully saturated rings. The molecule has 0 aromatic carbocycles. The summed E-state index contributed by atoms with van der Waals surface area (Å²) in [7, 11) is 1.69. The molecule has 3 nitrogen and oxygen atoms in total. The molecule has 1 aromatic heterocycles. The molecule has 1 aromatic rings. The molecule has 0 saturated carbocycles. The lowest BCUT2D eigenvalue weighted by Crippen LogP contribution is -2.22. The maximum absolute atomic E-state index is 5.31. The summed E-state index contributed by atoms with van der Waals surface area (Å²) in [5.41, 5.74) is 1.01. The average molecular weight is 208 g/mol. The normalized spacial score (nSPS) is 12.5. The first-order valence-electron chi connectivity index (χ1n) is 5.55. The number of methoxy groups -OCH3 is 1. The summed E-state index contributed by atoms with van der Waals surface area (Å²) in [6.07, 6.45) is 3.97. The number of rotatable bonds is 6. The Balaban J connectivity index is 2.80. The lowest BCUT2D eigenvalue weighted by atomic mass is 10.1. The lowest BCUT2D eigenvalue weighted by molar-refractivity contribution is 0.391. The van der Waals surface area contributed by atoms with Crippen molar-refractivity contribution in [1.29, 1.82) is 0 Å². The van der Waals surface area contributed by atoms with Crippen LogP contribution >= 0.6 is 0 Å². The maximum Gasteiger partial charge on any atom is 0.141 e. The molecule has 0 spiro atoms. The number of hydrogen-bond acceptors (Lipinski definition) is 3. The van der Waals surface area contributed by atoms with Gasteiger partial charge < -0.3 is 10.1 Å². The Bertz CT molecular complexity index is 289. The van der Waals surface area contributed by atoms with Crippen molar-refractivity contribution >= 4 is 0 Å². The van der Waals surface area contributed by atoms with Crippen LogP contribution in [0.25, 0.3) is 0 Å². The molecule has 0 aliphatic heterocycles. The number of hydrogen-bond donors (Lipinski definition) is 1. The van der Waals surface area contributed by atoms with Crippen LogP contribution in [0.15, 0.2) is 18.3 Å². The minimum atomic E-state index is 0.293. The quantitative estimate of drug-likeness (QED) is 0.780. The first-order chi connectivity index (χ1) is 7.33. The molecule has 0 radical (unpaired) electrons. The minimum absolute atomic E-state index is 0.293. The average Bonchev–Trinajstić information content (AvgIpc) is 2.30. The van der Waals surface area contributed by atoms with Crippen LogP contribution in [-0.4, -0.2) is 18.6 Å². The Morgan fingerprint density at radius 3 is 2.87 bits per heavy atom. The van der Waals surface area contributed by atoms with Crippen LogP contribution in [0.5, 0.6) is 5.75 Å². The SMILES string of the molecule is CCCNC(CC)c1ncccc1OC. The lowest BCUT2D eigenvalue weighted by Gasteiger charge is -2.18. The Hall–Kier alpha value is -1.09. The number of nitrogens with one attached hydrogen (secondary N) is 1. The van der Waals surface area contributed by atoms with E-state index in [9.17, 15) is 0 Å². The Morgan fingerprint density at radius 1 is 1.47 bits per heavy atom. The van der Waals surface area contributed by atoms with Gasteiger partial charge >= 0.3 is 0 Å². The zero-order valence-electron chi connectivity index (χ0n) is 9.79. The molecule has 0 aliphatic rings. The number of aromatic nitrogens is 1. The molecule has 0 aliphatic carbocycles. The Morgan fingerprint density at radius 2 is 2.27 bits per heavy atom. The van der Waals surface area contributed by atoms with Gasteiger partial charge in [0.15, 0.2) is 0 Å². The number of nitrogens with zero attached hydrogens (tertiary/aromatic N) is 1. The fourth-order valence-electron chi connectivity index (χ4n) is 1.59. The van der Waals surface area contributed by atoms with Gasteiger partial charge in [0.2, 0.25) is 0 Å². The molecule has 0 amide bonds. The fourth-order valence-corrected chi connectivity index (χ4v) is 1.59. The second kappa shape index (κ2) is 6.40. The van der Waals surface area contributed by atoms with Crippen LogP contribution in [0, 0.1) is 0 Å². The van der Waals surface area contributed by atoms with E-state index in [0.29, 0.717) is 6.04 Å². The van der Waals surface area contributed by atoms with Crippen molar-refractivity contribution in [1.82, 2.24) is 10.3 Å². The van der Waals surface area contributed by atoms with Crippen molar-refractivity contribution in [3.8, 4) is 5.75 Å². The second-order valence-electron chi connectivity index (χ2n) is 3.51. The molecular weight excluding hydrogens is 188 g/mol. The summed E-state index contributed by atoms with van der Waals surface area (Å²) in [5.74, 6) is 0.868. The van der Waals surface area contributed by atoms with Crippen LogP contribution < -0.4 is 10.1 Å². The standard InChI is InChI=1S/C12H20N2O/c1-4-8-13-10(5-2)12-11(15-3)7-6-9-14-12/h6-7,9-10,13H,4-5,8H2,1-3H3. The van der Waals surface area contributed by atoms with Crippen LogP contribution in [0.3, 0.4) is 0 Å². The highest BCUT2D eigenvalue weighted by molar-refractivity contribution is 5.29. The molecule has 1 heterocycles. The van der Waals surface area contributed by atoms with Crippen LogP contribution in [0.2, 0.25) is 0 Å². The van der Waals surface area contributed by atoms with Crippen molar-refractivity contribution < 1.29 is 4.74 Å². The second-order valence-corrected chi connectivity index (χ2v) is 3.51. The molecule has 84 valence electrons. The van der Waals surface area contributed by atoms with Gasteiger partial charge in [-0.1, -0.05) is 13.8 Å². The summed E-state index contributed by atoms with van der Waals surface area (Å²) in [5, 5.41) is 3.47. The summed E-state index contributed by atoms with van der Waals surface area (Å²) in [6, 6.07) is 4.15. The van der Waals surface area contributed by atoms with Gasteiger partial charge in [0.1, 0.15) is 5.75 Å². The van der Waals surface area contributed by atoms with Crippen molar-refractivity contribution in [3.05, 3.63) is 24.0 Å². The van der Waals surface area contributed by atoms with E-state index >= 15 is 0 Å². The summed E-state index contributed by atoms with van der Waals surface area (Å²) >= 11 is 0. The molecule has 0 bridgehead atoms. The van der Waals surface area contributed by atoms with E-state index in [1.807, 2.05) is 18.3 Å². The van der Waals surface area contributed by atoms with E-state index in [1.165, 1.54) is 0 Å². The van der Waals surface area contributed by atoms with Crippen molar-refractivity contribution in [2.45, 2.75) is 32.7 Å².